The van der Waals surface area contributed by atoms with Gasteiger partial charge >= 0.3 is 18.2 Å². The highest BCUT2D eigenvalue weighted by molar-refractivity contribution is 5.93. The van der Waals surface area contributed by atoms with E-state index < -0.39 is 11.7 Å². The van der Waals surface area contributed by atoms with Crippen LogP contribution in [0.1, 0.15) is 40.0 Å². The molecule has 1 aromatic rings. The second kappa shape index (κ2) is 9.23. The molecule has 0 aliphatic carbocycles. The van der Waals surface area contributed by atoms with Crippen molar-refractivity contribution < 1.29 is 23.9 Å². The average molecular weight is 418 g/mol. The Balaban J connectivity index is 1.57. The zero-order valence-electron chi connectivity index (χ0n) is 17.8. The van der Waals surface area contributed by atoms with Crippen molar-refractivity contribution in [2.45, 2.75) is 51.7 Å². The topological polar surface area (TPSA) is 100 Å². The van der Waals surface area contributed by atoms with Crippen molar-refractivity contribution in [2.75, 3.05) is 36.5 Å². The van der Waals surface area contributed by atoms with Crippen molar-refractivity contribution in [1.82, 2.24) is 10.2 Å². The van der Waals surface area contributed by atoms with Gasteiger partial charge in [0.15, 0.2) is 0 Å². The summed E-state index contributed by atoms with van der Waals surface area (Å²) in [6, 6.07) is 6.52. The van der Waals surface area contributed by atoms with Crippen molar-refractivity contribution in [3.63, 3.8) is 0 Å². The number of rotatable bonds is 3. The van der Waals surface area contributed by atoms with Crippen molar-refractivity contribution in [3.05, 3.63) is 24.3 Å². The molecule has 30 heavy (non-hydrogen) atoms. The van der Waals surface area contributed by atoms with E-state index in [4.69, 9.17) is 9.47 Å². The molecule has 1 atom stereocenters. The molecule has 4 amide bonds. The van der Waals surface area contributed by atoms with E-state index in [0.29, 0.717) is 37.6 Å². The first-order valence-electron chi connectivity index (χ1n) is 10.3. The molecule has 2 fully saturated rings. The Kier molecular flexibility index (Phi) is 6.69. The number of carbonyl (C=O) groups is 3. The number of anilines is 2. The van der Waals surface area contributed by atoms with E-state index >= 15 is 0 Å². The molecule has 0 spiro atoms. The monoisotopic (exact) mass is 418 g/mol. The first-order valence-corrected chi connectivity index (χ1v) is 10.3. The van der Waals surface area contributed by atoms with Crippen LogP contribution in [0, 0.1) is 0 Å². The number of cyclic esters (lactones) is 1. The summed E-state index contributed by atoms with van der Waals surface area (Å²) < 4.78 is 10.4. The zero-order chi connectivity index (χ0) is 21.7. The third-order valence-corrected chi connectivity index (χ3v) is 4.83. The predicted molar refractivity (Wildman–Crippen MR) is 113 cm³/mol. The van der Waals surface area contributed by atoms with Crippen LogP contribution < -0.4 is 15.5 Å². The van der Waals surface area contributed by atoms with E-state index in [1.54, 1.807) is 29.2 Å². The Bertz CT molecular complexity index is 792. The highest BCUT2D eigenvalue weighted by atomic mass is 16.6. The second-order valence-electron chi connectivity index (χ2n) is 8.53. The molecule has 9 nitrogen and oxygen atoms in total. The third kappa shape index (κ3) is 6.01. The van der Waals surface area contributed by atoms with Crippen LogP contribution in [0.5, 0.6) is 0 Å². The number of likely N-dealkylation sites (tertiary alicyclic amines) is 1. The number of amides is 4. The lowest BCUT2D eigenvalue weighted by atomic mass is 10.1. The molecule has 0 saturated carbocycles. The van der Waals surface area contributed by atoms with Gasteiger partial charge in [-0.2, -0.15) is 0 Å². The number of benzene rings is 1. The molecule has 9 heteroatoms. The zero-order valence-corrected chi connectivity index (χ0v) is 17.8. The standard InChI is InChI=1S/C21H30N4O5/c1-21(2,3)30-19(27)24-10-5-4-7-16(14-24)23-18(26)22-15-8-6-9-17(13-15)25-11-12-29-20(25)28/h6,8-9,13,16H,4-5,7,10-12,14H2,1-3H3,(H2,22,23,26)/t16-/m1/s1. The number of nitrogens with one attached hydrogen (secondary N) is 2. The van der Waals surface area contributed by atoms with E-state index in [1.807, 2.05) is 20.8 Å². The quantitative estimate of drug-likeness (QED) is 0.782. The number of hydrogen-bond acceptors (Lipinski definition) is 5. The van der Waals surface area contributed by atoms with Crippen LogP contribution in [-0.2, 0) is 9.47 Å². The summed E-state index contributed by atoms with van der Waals surface area (Å²) in [5.41, 5.74) is 0.680. The molecule has 2 saturated heterocycles. The third-order valence-electron chi connectivity index (χ3n) is 4.83. The van der Waals surface area contributed by atoms with Gasteiger partial charge in [-0.25, -0.2) is 14.4 Å². The Morgan fingerprint density at radius 3 is 2.70 bits per heavy atom. The fourth-order valence-corrected chi connectivity index (χ4v) is 3.48. The predicted octanol–water partition coefficient (Wildman–Crippen LogP) is 3.55. The van der Waals surface area contributed by atoms with Gasteiger partial charge in [-0.15, -0.1) is 0 Å². The van der Waals surface area contributed by atoms with Gasteiger partial charge in [0, 0.05) is 30.5 Å². The number of nitrogens with zero attached hydrogens (tertiary/aromatic N) is 2. The largest absolute Gasteiger partial charge is 0.447 e. The van der Waals surface area contributed by atoms with E-state index in [1.165, 1.54) is 4.90 Å². The summed E-state index contributed by atoms with van der Waals surface area (Å²) in [7, 11) is 0. The van der Waals surface area contributed by atoms with Crippen molar-refractivity contribution >= 4 is 29.6 Å². The van der Waals surface area contributed by atoms with Crippen LogP contribution in [0.15, 0.2) is 24.3 Å². The second-order valence-corrected chi connectivity index (χ2v) is 8.53. The smallest absolute Gasteiger partial charge is 0.414 e. The summed E-state index contributed by atoms with van der Waals surface area (Å²) in [4.78, 5) is 39.9. The van der Waals surface area contributed by atoms with Gasteiger partial charge in [-0.3, -0.25) is 4.90 Å². The minimum absolute atomic E-state index is 0.170. The lowest BCUT2D eigenvalue weighted by molar-refractivity contribution is 0.0245. The fourth-order valence-electron chi connectivity index (χ4n) is 3.48. The molecule has 0 bridgehead atoms. The normalized spacial score (nSPS) is 19.7. The maximum atomic E-state index is 12.5. The lowest BCUT2D eigenvalue weighted by Gasteiger charge is -2.28. The number of carbonyl (C=O) groups excluding carboxylic acids is 3. The number of ether oxygens (including phenoxy) is 2. The van der Waals surface area contributed by atoms with Gasteiger partial charge in [0.2, 0.25) is 0 Å². The molecule has 2 N–H and O–H groups in total. The van der Waals surface area contributed by atoms with Crippen molar-refractivity contribution in [3.8, 4) is 0 Å². The van der Waals surface area contributed by atoms with Crippen LogP contribution in [0.25, 0.3) is 0 Å². The summed E-state index contributed by atoms with van der Waals surface area (Å²) in [6.07, 6.45) is 1.81. The molecule has 0 radical (unpaired) electrons. The Labute approximate surface area is 176 Å². The van der Waals surface area contributed by atoms with Crippen molar-refractivity contribution in [1.29, 1.82) is 0 Å². The van der Waals surface area contributed by atoms with Gasteiger partial charge in [0.05, 0.1) is 6.54 Å². The van der Waals surface area contributed by atoms with E-state index in [9.17, 15) is 14.4 Å². The first kappa shape index (κ1) is 21.7. The van der Waals surface area contributed by atoms with Crippen LogP contribution in [-0.4, -0.2) is 61.0 Å². The Morgan fingerprint density at radius 1 is 1.20 bits per heavy atom. The SMILES string of the molecule is CC(C)(C)OC(=O)N1CCCC[C@@H](NC(=O)Nc2cccc(N3CCOC3=O)c2)C1. The summed E-state index contributed by atoms with van der Waals surface area (Å²) in [6.45, 7) is 7.36. The van der Waals surface area contributed by atoms with Gasteiger partial charge in [-0.05, 0) is 58.2 Å². The highest BCUT2D eigenvalue weighted by Gasteiger charge is 2.27. The average Bonchev–Trinajstić information content (AvgIpc) is 2.94. The summed E-state index contributed by atoms with van der Waals surface area (Å²) in [5, 5.41) is 5.76. The number of urea groups is 1. The van der Waals surface area contributed by atoms with Crippen LogP contribution >= 0.6 is 0 Å². The molecular weight excluding hydrogens is 388 g/mol. The molecular formula is C21H30N4O5. The van der Waals surface area contributed by atoms with Gasteiger partial charge < -0.3 is 25.0 Å². The van der Waals surface area contributed by atoms with Gasteiger partial charge in [0.25, 0.3) is 0 Å². The lowest BCUT2D eigenvalue weighted by Crippen LogP contribution is -2.47. The van der Waals surface area contributed by atoms with Crippen LogP contribution in [0.2, 0.25) is 0 Å². The van der Waals surface area contributed by atoms with E-state index in [0.717, 1.165) is 19.3 Å². The van der Waals surface area contributed by atoms with Gasteiger partial charge in [-0.1, -0.05) is 6.07 Å². The van der Waals surface area contributed by atoms with Crippen molar-refractivity contribution in [2.24, 2.45) is 0 Å². The minimum atomic E-state index is -0.559. The van der Waals surface area contributed by atoms with Gasteiger partial charge in [0.1, 0.15) is 12.2 Å². The van der Waals surface area contributed by atoms with Crippen LogP contribution in [0.4, 0.5) is 25.8 Å². The Hall–Kier alpha value is -2.97. The molecule has 3 rings (SSSR count). The molecule has 164 valence electrons. The molecule has 0 unspecified atom stereocenters. The molecule has 1 aromatic carbocycles. The fraction of sp³-hybridized carbons (Fsp3) is 0.571. The van der Waals surface area contributed by atoms with Crippen LogP contribution in [0.3, 0.4) is 0 Å². The first-order chi connectivity index (χ1) is 14.2. The summed E-state index contributed by atoms with van der Waals surface area (Å²) in [5.74, 6) is 0. The number of hydrogen-bond donors (Lipinski definition) is 2. The maximum Gasteiger partial charge on any atom is 0.414 e. The molecule has 2 aliphatic rings. The Morgan fingerprint density at radius 2 is 2.00 bits per heavy atom. The minimum Gasteiger partial charge on any atom is -0.447 e. The molecule has 2 heterocycles. The molecule has 0 aromatic heterocycles. The summed E-state index contributed by atoms with van der Waals surface area (Å²) >= 11 is 0. The molecule has 2 aliphatic heterocycles. The van der Waals surface area contributed by atoms with E-state index in [-0.39, 0.29) is 18.2 Å². The maximum absolute atomic E-state index is 12.5. The van der Waals surface area contributed by atoms with E-state index in [2.05, 4.69) is 10.6 Å². The highest BCUT2D eigenvalue weighted by Crippen LogP contribution is 2.22.